The van der Waals surface area contributed by atoms with E-state index in [9.17, 15) is 0 Å². The third-order valence-electron chi connectivity index (χ3n) is 4.10. The van der Waals surface area contributed by atoms with Crippen molar-refractivity contribution in [3.05, 3.63) is 34.3 Å². The van der Waals surface area contributed by atoms with E-state index in [0.29, 0.717) is 10.2 Å². The fraction of sp³-hybridized carbons (Fsp3) is 0.600. The van der Waals surface area contributed by atoms with Crippen LogP contribution in [0.2, 0.25) is 0 Å². The minimum atomic E-state index is 0.500. The van der Waals surface area contributed by atoms with Gasteiger partial charge in [0, 0.05) is 9.30 Å². The standard InChI is InChI=1S/C15H20Br2/c1-15(2)8-4-7-13(15)14(17)10-11-5-3-6-12(16)9-11/h3,5-6,9,13-14H,4,7-8,10H2,1-2H3. The van der Waals surface area contributed by atoms with Crippen LogP contribution in [0.15, 0.2) is 28.7 Å². The Hall–Kier alpha value is 0.180. The lowest BCUT2D eigenvalue weighted by atomic mass is 9.79. The van der Waals surface area contributed by atoms with Gasteiger partial charge in [-0.2, -0.15) is 0 Å². The van der Waals surface area contributed by atoms with Crippen LogP contribution in [-0.4, -0.2) is 4.83 Å². The Labute approximate surface area is 121 Å². The average molecular weight is 360 g/mol. The summed E-state index contributed by atoms with van der Waals surface area (Å²) in [5.74, 6) is 0.807. The summed E-state index contributed by atoms with van der Waals surface area (Å²) in [6, 6.07) is 8.67. The Morgan fingerprint density at radius 1 is 1.41 bits per heavy atom. The van der Waals surface area contributed by atoms with Crippen LogP contribution >= 0.6 is 31.9 Å². The molecule has 2 rings (SSSR count). The molecule has 94 valence electrons. The van der Waals surface area contributed by atoms with Crippen molar-refractivity contribution in [1.82, 2.24) is 0 Å². The van der Waals surface area contributed by atoms with Crippen molar-refractivity contribution in [2.45, 2.75) is 44.4 Å². The monoisotopic (exact) mass is 358 g/mol. The van der Waals surface area contributed by atoms with Crippen LogP contribution < -0.4 is 0 Å². The number of halogens is 2. The molecule has 1 aliphatic carbocycles. The molecule has 1 fully saturated rings. The van der Waals surface area contributed by atoms with E-state index in [0.717, 1.165) is 12.3 Å². The van der Waals surface area contributed by atoms with Gasteiger partial charge in [-0.05, 0) is 48.3 Å². The second-order valence-electron chi connectivity index (χ2n) is 5.84. The van der Waals surface area contributed by atoms with Crippen LogP contribution in [0, 0.1) is 11.3 Å². The van der Waals surface area contributed by atoms with Gasteiger partial charge in [0.25, 0.3) is 0 Å². The molecule has 1 aromatic rings. The fourth-order valence-corrected chi connectivity index (χ4v) is 4.86. The molecule has 2 heteroatoms. The predicted octanol–water partition coefficient (Wildman–Crippen LogP) is 5.58. The molecule has 0 amide bonds. The lowest BCUT2D eigenvalue weighted by molar-refractivity contribution is 0.255. The number of benzene rings is 1. The van der Waals surface area contributed by atoms with E-state index >= 15 is 0 Å². The summed E-state index contributed by atoms with van der Waals surface area (Å²) >= 11 is 7.47. The summed E-state index contributed by atoms with van der Waals surface area (Å²) in [5.41, 5.74) is 1.92. The molecule has 0 N–H and O–H groups in total. The van der Waals surface area contributed by atoms with Crippen LogP contribution in [0.3, 0.4) is 0 Å². The Kier molecular flexibility index (Phi) is 4.35. The molecule has 2 unspecified atom stereocenters. The maximum atomic E-state index is 3.93. The fourth-order valence-electron chi connectivity index (χ4n) is 3.06. The van der Waals surface area contributed by atoms with Gasteiger partial charge < -0.3 is 0 Å². The van der Waals surface area contributed by atoms with Crippen molar-refractivity contribution in [2.24, 2.45) is 11.3 Å². The third-order valence-corrected chi connectivity index (χ3v) is 5.55. The molecule has 0 saturated heterocycles. The highest BCUT2D eigenvalue weighted by molar-refractivity contribution is 9.10. The first-order valence-electron chi connectivity index (χ1n) is 6.37. The first-order chi connectivity index (χ1) is 7.99. The maximum absolute atomic E-state index is 3.93. The summed E-state index contributed by atoms with van der Waals surface area (Å²) in [5, 5.41) is 0. The first kappa shape index (κ1) is 13.6. The van der Waals surface area contributed by atoms with Crippen molar-refractivity contribution < 1.29 is 0 Å². The van der Waals surface area contributed by atoms with Gasteiger partial charge in [-0.3, -0.25) is 0 Å². The van der Waals surface area contributed by atoms with Crippen LogP contribution in [0.5, 0.6) is 0 Å². The highest BCUT2D eigenvalue weighted by Crippen LogP contribution is 2.47. The molecule has 1 aliphatic rings. The van der Waals surface area contributed by atoms with E-state index in [-0.39, 0.29) is 0 Å². The zero-order valence-corrected chi connectivity index (χ0v) is 13.7. The Morgan fingerprint density at radius 2 is 2.18 bits per heavy atom. The van der Waals surface area contributed by atoms with Gasteiger partial charge in [0.2, 0.25) is 0 Å². The zero-order valence-electron chi connectivity index (χ0n) is 10.5. The lowest BCUT2D eigenvalue weighted by Gasteiger charge is -2.31. The van der Waals surface area contributed by atoms with Crippen LogP contribution in [0.4, 0.5) is 0 Å². The highest BCUT2D eigenvalue weighted by Gasteiger charge is 2.38. The van der Waals surface area contributed by atoms with Crippen molar-refractivity contribution in [3.8, 4) is 0 Å². The van der Waals surface area contributed by atoms with Crippen LogP contribution in [0.1, 0.15) is 38.7 Å². The Morgan fingerprint density at radius 3 is 2.76 bits per heavy atom. The lowest BCUT2D eigenvalue weighted by Crippen LogP contribution is -2.27. The summed E-state index contributed by atoms with van der Waals surface area (Å²) in [7, 11) is 0. The molecule has 0 nitrogen and oxygen atoms in total. The summed E-state index contributed by atoms with van der Waals surface area (Å²) < 4.78 is 1.18. The molecule has 1 aromatic carbocycles. The van der Waals surface area contributed by atoms with Gasteiger partial charge in [0.15, 0.2) is 0 Å². The van der Waals surface area contributed by atoms with Crippen molar-refractivity contribution in [2.75, 3.05) is 0 Å². The van der Waals surface area contributed by atoms with Gasteiger partial charge in [-0.15, -0.1) is 0 Å². The molecule has 1 saturated carbocycles. The predicted molar refractivity (Wildman–Crippen MR) is 81.7 cm³/mol. The topological polar surface area (TPSA) is 0 Å². The number of rotatable bonds is 3. The second-order valence-corrected chi connectivity index (χ2v) is 7.93. The van der Waals surface area contributed by atoms with Gasteiger partial charge >= 0.3 is 0 Å². The molecular weight excluding hydrogens is 340 g/mol. The van der Waals surface area contributed by atoms with E-state index < -0.39 is 0 Å². The smallest absolute Gasteiger partial charge is 0.0219 e. The molecule has 0 aromatic heterocycles. The van der Waals surface area contributed by atoms with Crippen LogP contribution in [0.25, 0.3) is 0 Å². The maximum Gasteiger partial charge on any atom is 0.0219 e. The molecular formula is C15H20Br2. The quantitative estimate of drug-likeness (QED) is 0.618. The average Bonchev–Trinajstić information content (AvgIpc) is 2.58. The molecule has 0 aliphatic heterocycles. The highest BCUT2D eigenvalue weighted by atomic mass is 79.9. The number of hydrogen-bond donors (Lipinski definition) is 0. The molecule has 2 atom stereocenters. The minimum Gasteiger partial charge on any atom is -0.0884 e. The summed E-state index contributed by atoms with van der Waals surface area (Å²) in [4.78, 5) is 0.606. The normalized spacial score (nSPS) is 24.8. The largest absolute Gasteiger partial charge is 0.0884 e. The SMILES string of the molecule is CC1(C)CCCC1C(Br)Cc1cccc(Br)c1. The first-order valence-corrected chi connectivity index (χ1v) is 8.08. The number of alkyl halides is 1. The van der Waals surface area contributed by atoms with E-state index in [1.54, 1.807) is 0 Å². The van der Waals surface area contributed by atoms with Crippen molar-refractivity contribution >= 4 is 31.9 Å². The number of hydrogen-bond acceptors (Lipinski definition) is 0. The molecule has 0 bridgehead atoms. The van der Waals surface area contributed by atoms with Gasteiger partial charge in [-0.25, -0.2) is 0 Å². The van der Waals surface area contributed by atoms with E-state index in [4.69, 9.17) is 0 Å². The third kappa shape index (κ3) is 3.35. The molecule has 0 radical (unpaired) electrons. The molecule has 0 heterocycles. The van der Waals surface area contributed by atoms with E-state index in [2.05, 4.69) is 70.0 Å². The molecule has 17 heavy (non-hydrogen) atoms. The summed E-state index contributed by atoms with van der Waals surface area (Å²) in [6.45, 7) is 4.83. The van der Waals surface area contributed by atoms with Crippen molar-refractivity contribution in [1.29, 1.82) is 0 Å². The summed E-state index contributed by atoms with van der Waals surface area (Å²) in [6.07, 6.45) is 5.26. The van der Waals surface area contributed by atoms with Gasteiger partial charge in [0.1, 0.15) is 0 Å². The van der Waals surface area contributed by atoms with Gasteiger partial charge in [-0.1, -0.05) is 64.3 Å². The second kappa shape index (κ2) is 5.44. The van der Waals surface area contributed by atoms with E-state index in [1.165, 1.54) is 29.3 Å². The van der Waals surface area contributed by atoms with Crippen molar-refractivity contribution in [3.63, 3.8) is 0 Å². The van der Waals surface area contributed by atoms with E-state index in [1.807, 2.05) is 0 Å². The van der Waals surface area contributed by atoms with Gasteiger partial charge in [0.05, 0.1) is 0 Å². The van der Waals surface area contributed by atoms with Crippen LogP contribution in [-0.2, 0) is 6.42 Å². The Balaban J connectivity index is 2.04. The zero-order chi connectivity index (χ0) is 12.5. The Bertz CT molecular complexity index is 384. The minimum absolute atomic E-state index is 0.500. The molecule has 0 spiro atoms.